The SMILES string of the molecule is COc1cccc(S(=O)(=O)NCCn2nc(-n3cncn3)ccc2=O)c1. The lowest BCUT2D eigenvalue weighted by atomic mass is 10.3. The summed E-state index contributed by atoms with van der Waals surface area (Å²) in [5.74, 6) is 0.837. The van der Waals surface area contributed by atoms with Gasteiger partial charge in [-0.15, -0.1) is 5.10 Å². The third-order valence-corrected chi connectivity index (χ3v) is 4.93. The second kappa shape index (κ2) is 7.45. The van der Waals surface area contributed by atoms with Crippen molar-refractivity contribution < 1.29 is 13.2 Å². The third-order valence-electron chi connectivity index (χ3n) is 3.47. The third kappa shape index (κ3) is 3.95. The van der Waals surface area contributed by atoms with Crippen molar-refractivity contribution in [3.8, 4) is 11.6 Å². The first-order valence-corrected chi connectivity index (χ1v) is 9.05. The highest BCUT2D eigenvalue weighted by Crippen LogP contribution is 2.16. The van der Waals surface area contributed by atoms with Crippen LogP contribution in [0.15, 0.2) is 58.7 Å². The molecule has 1 aromatic carbocycles. The van der Waals surface area contributed by atoms with E-state index in [0.717, 1.165) is 4.68 Å². The van der Waals surface area contributed by atoms with E-state index in [1.807, 2.05) is 0 Å². The molecule has 0 spiro atoms. The van der Waals surface area contributed by atoms with Crippen molar-refractivity contribution in [3.05, 3.63) is 59.4 Å². The van der Waals surface area contributed by atoms with Crippen molar-refractivity contribution in [2.45, 2.75) is 11.4 Å². The lowest BCUT2D eigenvalue weighted by Crippen LogP contribution is -2.32. The van der Waals surface area contributed by atoms with Crippen molar-refractivity contribution in [1.29, 1.82) is 0 Å². The van der Waals surface area contributed by atoms with Crippen LogP contribution in [0, 0.1) is 0 Å². The minimum Gasteiger partial charge on any atom is -0.497 e. The second-order valence-electron chi connectivity index (χ2n) is 5.17. The Morgan fingerprint density at radius 3 is 2.81 bits per heavy atom. The molecule has 11 heteroatoms. The van der Waals surface area contributed by atoms with Gasteiger partial charge in [0.05, 0.1) is 18.6 Å². The summed E-state index contributed by atoms with van der Waals surface area (Å²) in [6.45, 7) is 0.0534. The summed E-state index contributed by atoms with van der Waals surface area (Å²) in [4.78, 5) is 15.8. The van der Waals surface area contributed by atoms with E-state index in [1.165, 1.54) is 48.7 Å². The molecular formula is C15H16N6O4S. The Kier molecular flexibility index (Phi) is 5.09. The molecular weight excluding hydrogens is 360 g/mol. The Morgan fingerprint density at radius 2 is 2.08 bits per heavy atom. The molecule has 0 unspecified atom stereocenters. The highest BCUT2D eigenvalue weighted by atomic mass is 32.2. The molecule has 2 heterocycles. The molecule has 0 aliphatic rings. The van der Waals surface area contributed by atoms with E-state index >= 15 is 0 Å². The number of benzene rings is 1. The van der Waals surface area contributed by atoms with Crippen molar-refractivity contribution in [2.24, 2.45) is 0 Å². The lowest BCUT2D eigenvalue weighted by Gasteiger charge is -2.09. The summed E-state index contributed by atoms with van der Waals surface area (Å²) in [5.41, 5.74) is -0.352. The smallest absolute Gasteiger partial charge is 0.266 e. The zero-order valence-corrected chi connectivity index (χ0v) is 14.6. The summed E-state index contributed by atoms with van der Waals surface area (Å²) in [5, 5.41) is 8.08. The van der Waals surface area contributed by atoms with E-state index in [0.29, 0.717) is 11.6 Å². The number of nitrogens with zero attached hydrogens (tertiary/aromatic N) is 5. The lowest BCUT2D eigenvalue weighted by molar-refractivity contribution is 0.413. The number of ether oxygens (including phenoxy) is 1. The average molecular weight is 376 g/mol. The first-order chi connectivity index (χ1) is 12.5. The molecule has 26 heavy (non-hydrogen) atoms. The monoisotopic (exact) mass is 376 g/mol. The molecule has 1 N–H and O–H groups in total. The molecule has 0 radical (unpaired) electrons. The molecule has 3 rings (SSSR count). The van der Waals surface area contributed by atoms with Crippen LogP contribution in [0.5, 0.6) is 5.75 Å². The number of methoxy groups -OCH3 is 1. The van der Waals surface area contributed by atoms with Crippen LogP contribution in [0.4, 0.5) is 0 Å². The zero-order chi connectivity index (χ0) is 18.6. The Bertz CT molecular complexity index is 1050. The van der Waals surface area contributed by atoms with Crippen LogP contribution in [-0.2, 0) is 16.6 Å². The van der Waals surface area contributed by atoms with Crippen LogP contribution in [0.2, 0.25) is 0 Å². The van der Waals surface area contributed by atoms with Gasteiger partial charge in [-0.05, 0) is 18.2 Å². The van der Waals surface area contributed by atoms with Gasteiger partial charge in [0, 0.05) is 18.7 Å². The molecule has 0 saturated carbocycles. The van der Waals surface area contributed by atoms with Gasteiger partial charge in [0.25, 0.3) is 5.56 Å². The summed E-state index contributed by atoms with van der Waals surface area (Å²) in [6, 6.07) is 8.95. The average Bonchev–Trinajstić information content (AvgIpc) is 3.18. The molecule has 2 aromatic heterocycles. The van der Waals surface area contributed by atoms with Crippen LogP contribution in [0.3, 0.4) is 0 Å². The van der Waals surface area contributed by atoms with E-state index < -0.39 is 10.0 Å². The predicted octanol–water partition coefficient (Wildman–Crippen LogP) is -0.189. The van der Waals surface area contributed by atoms with Crippen LogP contribution < -0.4 is 15.0 Å². The number of sulfonamides is 1. The fourth-order valence-corrected chi connectivity index (χ4v) is 3.24. The Labute approximate surface area is 149 Å². The van der Waals surface area contributed by atoms with Gasteiger partial charge in [-0.2, -0.15) is 5.10 Å². The molecule has 0 atom stereocenters. The van der Waals surface area contributed by atoms with Gasteiger partial charge in [0.1, 0.15) is 18.4 Å². The van der Waals surface area contributed by atoms with Crippen LogP contribution in [0.25, 0.3) is 5.82 Å². The van der Waals surface area contributed by atoms with Gasteiger partial charge in [-0.3, -0.25) is 4.79 Å². The Balaban J connectivity index is 1.71. The van der Waals surface area contributed by atoms with Crippen molar-refractivity contribution in [3.63, 3.8) is 0 Å². The number of rotatable bonds is 7. The van der Waals surface area contributed by atoms with Gasteiger partial charge in [0.2, 0.25) is 10.0 Å². The molecule has 136 valence electrons. The van der Waals surface area contributed by atoms with Crippen LogP contribution in [0.1, 0.15) is 0 Å². The first-order valence-electron chi connectivity index (χ1n) is 7.56. The van der Waals surface area contributed by atoms with Crippen molar-refractivity contribution in [2.75, 3.05) is 13.7 Å². The number of aromatic nitrogens is 5. The Hall–Kier alpha value is -3.05. The highest BCUT2D eigenvalue weighted by molar-refractivity contribution is 7.89. The molecule has 0 aliphatic heterocycles. The number of nitrogens with one attached hydrogen (secondary N) is 1. The van der Waals surface area contributed by atoms with Gasteiger partial charge >= 0.3 is 0 Å². The maximum absolute atomic E-state index is 12.3. The molecule has 0 saturated heterocycles. The fraction of sp³-hybridized carbons (Fsp3) is 0.200. The van der Waals surface area contributed by atoms with Gasteiger partial charge in [-0.1, -0.05) is 6.07 Å². The largest absolute Gasteiger partial charge is 0.497 e. The first kappa shape index (κ1) is 17.8. The van der Waals surface area contributed by atoms with E-state index in [4.69, 9.17) is 4.74 Å². The topological polar surface area (TPSA) is 121 Å². The summed E-state index contributed by atoms with van der Waals surface area (Å²) in [7, 11) is -2.27. The van der Waals surface area contributed by atoms with Crippen molar-refractivity contribution >= 4 is 10.0 Å². The Morgan fingerprint density at radius 1 is 1.23 bits per heavy atom. The van der Waals surface area contributed by atoms with Gasteiger partial charge < -0.3 is 4.74 Å². The van der Waals surface area contributed by atoms with E-state index in [2.05, 4.69) is 19.9 Å². The number of hydrogen-bond acceptors (Lipinski definition) is 7. The number of hydrogen-bond donors (Lipinski definition) is 1. The maximum Gasteiger partial charge on any atom is 0.266 e. The molecule has 3 aromatic rings. The van der Waals surface area contributed by atoms with E-state index in [9.17, 15) is 13.2 Å². The molecule has 0 bridgehead atoms. The van der Waals surface area contributed by atoms with Crippen molar-refractivity contribution in [1.82, 2.24) is 29.3 Å². The summed E-state index contributed by atoms with van der Waals surface area (Å²) < 4.78 is 34.7. The normalized spacial score (nSPS) is 11.4. The predicted molar refractivity (Wildman–Crippen MR) is 91.6 cm³/mol. The van der Waals surface area contributed by atoms with Gasteiger partial charge in [-0.25, -0.2) is 27.5 Å². The van der Waals surface area contributed by atoms with Gasteiger partial charge in [0.15, 0.2) is 5.82 Å². The molecule has 0 fully saturated rings. The zero-order valence-electron chi connectivity index (χ0n) is 13.8. The minimum atomic E-state index is -3.73. The van der Waals surface area contributed by atoms with E-state index in [-0.39, 0.29) is 23.5 Å². The summed E-state index contributed by atoms with van der Waals surface area (Å²) >= 11 is 0. The minimum absolute atomic E-state index is 0.00669. The highest BCUT2D eigenvalue weighted by Gasteiger charge is 2.14. The quantitative estimate of drug-likeness (QED) is 0.607. The van der Waals surface area contributed by atoms with Crippen LogP contribution in [-0.4, -0.2) is 46.6 Å². The summed E-state index contributed by atoms with van der Waals surface area (Å²) in [6.07, 6.45) is 2.79. The fourth-order valence-electron chi connectivity index (χ4n) is 2.18. The molecule has 10 nitrogen and oxygen atoms in total. The second-order valence-corrected chi connectivity index (χ2v) is 6.94. The molecule has 0 amide bonds. The maximum atomic E-state index is 12.3. The van der Waals surface area contributed by atoms with Crippen LogP contribution >= 0.6 is 0 Å². The standard InChI is InChI=1S/C15H16N6O4S/c1-25-12-3-2-4-13(9-12)26(23,24)18-7-8-20-15(22)6-5-14(19-20)21-11-16-10-17-21/h2-6,9-11,18H,7-8H2,1H3. The van der Waals surface area contributed by atoms with E-state index in [1.54, 1.807) is 12.1 Å². The molecule has 0 aliphatic carbocycles.